The van der Waals surface area contributed by atoms with E-state index in [0.717, 1.165) is 5.56 Å². The molecule has 0 saturated heterocycles. The van der Waals surface area contributed by atoms with Crippen molar-refractivity contribution < 1.29 is 28.8 Å². The van der Waals surface area contributed by atoms with Crippen molar-refractivity contribution in [3.63, 3.8) is 0 Å². The van der Waals surface area contributed by atoms with E-state index < -0.39 is 5.97 Å². The van der Waals surface area contributed by atoms with Gasteiger partial charge in [0.2, 0.25) is 0 Å². The monoisotopic (exact) mass is 458 g/mol. The topological polar surface area (TPSA) is 74.2 Å². The van der Waals surface area contributed by atoms with Gasteiger partial charge >= 0.3 is 5.97 Å². The molecule has 0 unspecified atom stereocenters. The summed E-state index contributed by atoms with van der Waals surface area (Å²) in [6.45, 7) is 2.44. The van der Waals surface area contributed by atoms with Crippen molar-refractivity contribution in [2.75, 3.05) is 20.8 Å². The quantitative estimate of drug-likeness (QED) is 0.292. The molecule has 6 nitrogen and oxygen atoms in total. The summed E-state index contributed by atoms with van der Waals surface area (Å²) >= 11 is 0. The normalized spacial score (nSPS) is 10.3. The molecule has 3 rings (SSSR count). The van der Waals surface area contributed by atoms with Crippen molar-refractivity contribution in [3.8, 4) is 34.8 Å². The Hall–Kier alpha value is -4.37. The number of rotatable bonds is 8. The van der Waals surface area contributed by atoms with Gasteiger partial charge in [0.25, 0.3) is 0 Å². The molecule has 6 heteroatoms. The summed E-state index contributed by atoms with van der Waals surface area (Å²) in [4.78, 5) is 11.6. The van der Waals surface area contributed by atoms with Crippen molar-refractivity contribution in [2.45, 2.75) is 13.5 Å². The lowest BCUT2D eigenvalue weighted by atomic mass is 10.1. The lowest BCUT2D eigenvalue weighted by Crippen LogP contribution is -1.98. The van der Waals surface area contributed by atoms with E-state index in [9.17, 15) is 9.90 Å². The minimum atomic E-state index is -0.455. The van der Waals surface area contributed by atoms with E-state index in [1.54, 1.807) is 44.4 Å². The predicted octanol–water partition coefficient (Wildman–Crippen LogP) is 4.96. The number of hydrogen-bond acceptors (Lipinski definition) is 6. The molecule has 0 fully saturated rings. The first-order valence-electron chi connectivity index (χ1n) is 10.7. The van der Waals surface area contributed by atoms with E-state index in [-0.39, 0.29) is 11.5 Å². The highest BCUT2D eigenvalue weighted by molar-refractivity contribution is 5.87. The Morgan fingerprint density at radius 2 is 1.71 bits per heavy atom. The number of carbonyl (C=O) groups excluding carboxylic acids is 1. The third kappa shape index (κ3) is 6.57. The third-order valence-electron chi connectivity index (χ3n) is 4.76. The Balaban J connectivity index is 1.83. The van der Waals surface area contributed by atoms with Gasteiger partial charge in [-0.25, -0.2) is 4.79 Å². The van der Waals surface area contributed by atoms with Gasteiger partial charge in [0, 0.05) is 11.6 Å². The van der Waals surface area contributed by atoms with Crippen LogP contribution >= 0.6 is 0 Å². The second kappa shape index (κ2) is 12.0. The molecular weight excluding hydrogens is 432 g/mol. The lowest BCUT2D eigenvalue weighted by molar-refractivity contribution is -0.137. The number of carbonyl (C=O) groups is 1. The highest BCUT2D eigenvalue weighted by atomic mass is 16.5. The Morgan fingerprint density at radius 3 is 2.41 bits per heavy atom. The Labute approximate surface area is 199 Å². The maximum Gasteiger partial charge on any atom is 0.330 e. The Morgan fingerprint density at radius 1 is 0.941 bits per heavy atom. The molecule has 34 heavy (non-hydrogen) atoms. The summed E-state index contributed by atoms with van der Waals surface area (Å²) in [5, 5.41) is 10.5. The van der Waals surface area contributed by atoms with E-state index in [2.05, 4.69) is 11.8 Å². The fourth-order valence-electron chi connectivity index (χ4n) is 3.07. The van der Waals surface area contributed by atoms with E-state index in [4.69, 9.17) is 18.9 Å². The third-order valence-corrected chi connectivity index (χ3v) is 4.76. The van der Waals surface area contributed by atoms with Gasteiger partial charge in [-0.3, -0.25) is 0 Å². The molecule has 0 bridgehead atoms. The van der Waals surface area contributed by atoms with Crippen molar-refractivity contribution >= 4 is 12.0 Å². The second-order valence-electron chi connectivity index (χ2n) is 7.09. The molecule has 0 heterocycles. The number of esters is 1. The van der Waals surface area contributed by atoms with Crippen LogP contribution in [0, 0.1) is 11.8 Å². The van der Waals surface area contributed by atoms with E-state index >= 15 is 0 Å². The van der Waals surface area contributed by atoms with E-state index in [0.29, 0.717) is 41.4 Å². The number of benzene rings is 3. The molecule has 0 aliphatic carbocycles. The van der Waals surface area contributed by atoms with Crippen molar-refractivity contribution in [1.29, 1.82) is 0 Å². The molecule has 3 aromatic rings. The SMILES string of the molecule is CCOC(=O)/C=C/c1cc(C#Cc2ccc(OCc3ccccc3)c(OC)c2)c(O)c(OC)c1. The number of ether oxygens (including phenoxy) is 4. The molecule has 0 aliphatic heterocycles. The van der Waals surface area contributed by atoms with Crippen LogP contribution in [0.25, 0.3) is 6.08 Å². The lowest BCUT2D eigenvalue weighted by Gasteiger charge is -2.11. The summed E-state index contributed by atoms with van der Waals surface area (Å²) in [5.41, 5.74) is 2.71. The average Bonchev–Trinajstić information content (AvgIpc) is 2.87. The number of hydrogen-bond donors (Lipinski definition) is 1. The summed E-state index contributed by atoms with van der Waals surface area (Å²) in [6.07, 6.45) is 2.89. The zero-order valence-electron chi connectivity index (χ0n) is 19.3. The maximum absolute atomic E-state index is 11.6. The van der Waals surface area contributed by atoms with Crippen molar-refractivity contribution in [2.24, 2.45) is 0 Å². The molecule has 0 aromatic heterocycles. The zero-order valence-corrected chi connectivity index (χ0v) is 19.3. The maximum atomic E-state index is 11.6. The Kier molecular flexibility index (Phi) is 8.59. The molecule has 1 N–H and O–H groups in total. The van der Waals surface area contributed by atoms with Gasteiger partial charge in [0.15, 0.2) is 23.0 Å². The first-order chi connectivity index (χ1) is 16.5. The van der Waals surface area contributed by atoms with Crippen LogP contribution in [0.4, 0.5) is 0 Å². The fourth-order valence-corrected chi connectivity index (χ4v) is 3.07. The van der Waals surface area contributed by atoms with E-state index in [1.165, 1.54) is 13.2 Å². The van der Waals surface area contributed by atoms with Crippen molar-refractivity contribution in [1.82, 2.24) is 0 Å². The van der Waals surface area contributed by atoms with Gasteiger partial charge in [-0.2, -0.15) is 0 Å². The molecule has 174 valence electrons. The molecule has 0 atom stereocenters. The molecule has 0 spiro atoms. The van der Waals surface area contributed by atoms with Gasteiger partial charge in [0.1, 0.15) is 6.61 Å². The summed E-state index contributed by atoms with van der Waals surface area (Å²) in [7, 11) is 3.02. The van der Waals surface area contributed by atoms with Crippen LogP contribution in [-0.4, -0.2) is 31.9 Å². The number of phenols is 1. The second-order valence-corrected chi connectivity index (χ2v) is 7.09. The first kappa shape index (κ1) is 24.3. The van der Waals surface area contributed by atoms with Gasteiger partial charge in [-0.1, -0.05) is 42.2 Å². The number of methoxy groups -OCH3 is 2. The molecule has 0 aliphatic rings. The predicted molar refractivity (Wildman–Crippen MR) is 130 cm³/mol. The van der Waals surface area contributed by atoms with Crippen molar-refractivity contribution in [3.05, 3.63) is 89.0 Å². The smallest absolute Gasteiger partial charge is 0.330 e. The molecule has 3 aromatic carbocycles. The standard InChI is InChI=1S/C28H26O6/c1-4-33-27(29)15-12-22-16-23(28(30)26(18-22)32-3)13-10-20-11-14-24(25(17-20)31-2)34-19-21-8-6-5-7-9-21/h5-9,11-12,14-18,30H,4,19H2,1-3H3/b15-12+. The molecule has 0 radical (unpaired) electrons. The Bertz CT molecular complexity index is 1220. The highest BCUT2D eigenvalue weighted by Gasteiger charge is 2.09. The highest BCUT2D eigenvalue weighted by Crippen LogP contribution is 2.32. The van der Waals surface area contributed by atoms with Crippen LogP contribution in [-0.2, 0) is 16.1 Å². The van der Waals surface area contributed by atoms with Crippen LogP contribution < -0.4 is 14.2 Å². The van der Waals surface area contributed by atoms with Gasteiger partial charge in [-0.05, 0) is 54.5 Å². The van der Waals surface area contributed by atoms with Crippen LogP contribution in [0.2, 0.25) is 0 Å². The summed E-state index contributed by atoms with van der Waals surface area (Å²) < 4.78 is 21.5. The number of phenolic OH excluding ortho intramolecular Hbond substituents is 1. The van der Waals surface area contributed by atoms with Crippen LogP contribution in [0.15, 0.2) is 66.7 Å². The van der Waals surface area contributed by atoms with Gasteiger partial charge in [0.05, 0.1) is 26.4 Å². The average molecular weight is 459 g/mol. The minimum Gasteiger partial charge on any atom is -0.503 e. The van der Waals surface area contributed by atoms with E-state index in [1.807, 2.05) is 36.4 Å². The van der Waals surface area contributed by atoms with Crippen LogP contribution in [0.3, 0.4) is 0 Å². The summed E-state index contributed by atoms with van der Waals surface area (Å²) in [6, 6.07) is 18.5. The summed E-state index contributed by atoms with van der Waals surface area (Å²) in [5.74, 6) is 6.85. The first-order valence-corrected chi connectivity index (χ1v) is 10.7. The largest absolute Gasteiger partial charge is 0.503 e. The number of aromatic hydroxyl groups is 1. The van der Waals surface area contributed by atoms with Crippen LogP contribution in [0.1, 0.15) is 29.2 Å². The van der Waals surface area contributed by atoms with Gasteiger partial charge < -0.3 is 24.1 Å². The molecule has 0 saturated carbocycles. The zero-order chi connectivity index (χ0) is 24.3. The van der Waals surface area contributed by atoms with Crippen LogP contribution in [0.5, 0.6) is 23.0 Å². The molecule has 0 amide bonds. The fraction of sp³-hybridized carbons (Fsp3) is 0.179. The minimum absolute atomic E-state index is 0.0851. The molecular formula is C28H26O6. The van der Waals surface area contributed by atoms with Gasteiger partial charge in [-0.15, -0.1) is 0 Å².